The van der Waals surface area contributed by atoms with Gasteiger partial charge in [-0.25, -0.2) is 14.4 Å². The average Bonchev–Trinajstić information content (AvgIpc) is 2.14. The van der Waals surface area contributed by atoms with Crippen LogP contribution in [0, 0.1) is 0 Å². The molecular formula is C8H11NaO8. The topological polar surface area (TPSA) is 105 Å². The van der Waals surface area contributed by atoms with Crippen molar-refractivity contribution in [1.29, 1.82) is 0 Å². The third kappa shape index (κ3) is 11.1. The van der Waals surface area contributed by atoms with Gasteiger partial charge in [0.25, 0.3) is 0 Å². The van der Waals surface area contributed by atoms with Crippen LogP contribution in [0.1, 0.15) is 13.8 Å². The molecule has 0 spiro atoms. The Morgan fingerprint density at radius 2 is 1.53 bits per heavy atom. The second kappa shape index (κ2) is 10.1. The first kappa shape index (κ1) is 18.3. The standard InChI is InChI=1S/C8H10O8.Na.H/c1-3-13-7(11)16-8(12)15-6(10)4-14-5(2)9;;/h3-4H2,1-2H3;;. The molecule has 0 fully saturated rings. The number of hydrogen-bond acceptors (Lipinski definition) is 8. The molecule has 0 radical (unpaired) electrons. The van der Waals surface area contributed by atoms with Gasteiger partial charge in [-0.1, -0.05) is 0 Å². The summed E-state index contributed by atoms with van der Waals surface area (Å²) < 4.78 is 16.3. The van der Waals surface area contributed by atoms with Gasteiger partial charge in [0.2, 0.25) is 0 Å². The molecule has 0 saturated heterocycles. The Balaban J connectivity index is 0. The van der Waals surface area contributed by atoms with Crippen molar-refractivity contribution in [2.45, 2.75) is 13.8 Å². The van der Waals surface area contributed by atoms with Gasteiger partial charge in [-0.3, -0.25) is 4.79 Å². The monoisotopic (exact) mass is 258 g/mol. The van der Waals surface area contributed by atoms with Gasteiger partial charge in [-0.2, -0.15) is 0 Å². The summed E-state index contributed by atoms with van der Waals surface area (Å²) in [6.45, 7) is 1.84. The molecule has 0 aromatic rings. The molecule has 0 aliphatic rings. The van der Waals surface area contributed by atoms with Crippen LogP contribution in [0.25, 0.3) is 0 Å². The van der Waals surface area contributed by atoms with Crippen LogP contribution < -0.4 is 0 Å². The molecule has 0 aromatic heterocycles. The van der Waals surface area contributed by atoms with E-state index in [1.165, 1.54) is 6.92 Å². The van der Waals surface area contributed by atoms with Gasteiger partial charge in [0.15, 0.2) is 6.61 Å². The first-order chi connectivity index (χ1) is 7.45. The summed E-state index contributed by atoms with van der Waals surface area (Å²) >= 11 is 0. The fourth-order valence-corrected chi connectivity index (χ4v) is 0.519. The molecule has 0 saturated carbocycles. The van der Waals surface area contributed by atoms with Crippen molar-refractivity contribution in [1.82, 2.24) is 0 Å². The zero-order valence-electron chi connectivity index (χ0n) is 8.68. The molecule has 0 rings (SSSR count). The van der Waals surface area contributed by atoms with E-state index >= 15 is 0 Å². The van der Waals surface area contributed by atoms with Crippen molar-refractivity contribution < 1.29 is 38.1 Å². The van der Waals surface area contributed by atoms with Crippen LogP contribution in [0.15, 0.2) is 0 Å². The molecule has 0 unspecified atom stereocenters. The molecule has 0 aliphatic heterocycles. The van der Waals surface area contributed by atoms with Gasteiger partial charge >= 0.3 is 53.8 Å². The van der Waals surface area contributed by atoms with Gasteiger partial charge in [-0.15, -0.1) is 0 Å². The Morgan fingerprint density at radius 1 is 0.941 bits per heavy atom. The van der Waals surface area contributed by atoms with Crippen LogP contribution in [0.5, 0.6) is 0 Å². The van der Waals surface area contributed by atoms with Crippen LogP contribution in [-0.2, 0) is 28.5 Å². The van der Waals surface area contributed by atoms with Crippen LogP contribution >= 0.6 is 0 Å². The molecule has 9 heteroatoms. The molecule has 0 bridgehead atoms. The molecule has 0 N–H and O–H groups in total. The van der Waals surface area contributed by atoms with Crippen LogP contribution in [-0.4, -0.2) is 67.0 Å². The number of carbonyl (C=O) groups is 4. The van der Waals surface area contributed by atoms with E-state index in [1.807, 2.05) is 0 Å². The predicted molar refractivity (Wildman–Crippen MR) is 53.4 cm³/mol. The molecule has 92 valence electrons. The van der Waals surface area contributed by atoms with Crippen molar-refractivity contribution in [3.63, 3.8) is 0 Å². The summed E-state index contributed by atoms with van der Waals surface area (Å²) in [5.74, 6) is -1.87. The number of hydrogen-bond donors (Lipinski definition) is 0. The fraction of sp³-hybridized carbons (Fsp3) is 0.500. The van der Waals surface area contributed by atoms with E-state index < -0.39 is 30.9 Å². The molecule has 0 aromatic carbocycles. The summed E-state index contributed by atoms with van der Waals surface area (Å²) in [6.07, 6.45) is -2.83. The molecule has 0 amide bonds. The Hall–Kier alpha value is -1.12. The van der Waals surface area contributed by atoms with Gasteiger partial charge in [-0.05, 0) is 6.92 Å². The van der Waals surface area contributed by atoms with E-state index in [0.717, 1.165) is 6.92 Å². The number of carbonyl (C=O) groups excluding carboxylic acids is 4. The maximum atomic E-state index is 10.7. The number of ether oxygens (including phenoxy) is 4. The van der Waals surface area contributed by atoms with Gasteiger partial charge < -0.3 is 18.9 Å². The van der Waals surface area contributed by atoms with Crippen LogP contribution in [0.4, 0.5) is 9.59 Å². The zero-order chi connectivity index (χ0) is 12.6. The summed E-state index contributed by atoms with van der Waals surface area (Å²) in [5, 5.41) is 0. The average molecular weight is 258 g/mol. The minimum atomic E-state index is -1.55. The van der Waals surface area contributed by atoms with Crippen LogP contribution in [0.2, 0.25) is 0 Å². The van der Waals surface area contributed by atoms with E-state index in [4.69, 9.17) is 0 Å². The fourth-order valence-electron chi connectivity index (χ4n) is 0.519. The molecule has 17 heavy (non-hydrogen) atoms. The van der Waals surface area contributed by atoms with Crippen molar-refractivity contribution in [2.24, 2.45) is 0 Å². The van der Waals surface area contributed by atoms with E-state index in [2.05, 4.69) is 18.9 Å². The summed E-state index contributed by atoms with van der Waals surface area (Å²) in [4.78, 5) is 42.3. The third-order valence-electron chi connectivity index (χ3n) is 1.02. The summed E-state index contributed by atoms with van der Waals surface area (Å²) in [7, 11) is 0. The zero-order valence-corrected chi connectivity index (χ0v) is 8.68. The third-order valence-corrected chi connectivity index (χ3v) is 1.02. The molecule has 8 nitrogen and oxygen atoms in total. The Morgan fingerprint density at radius 3 is 2.00 bits per heavy atom. The quantitative estimate of drug-likeness (QED) is 0.295. The van der Waals surface area contributed by atoms with Gasteiger partial charge in [0.1, 0.15) is 0 Å². The molecule has 0 aliphatic carbocycles. The van der Waals surface area contributed by atoms with Crippen molar-refractivity contribution in [2.75, 3.05) is 13.2 Å². The molecular weight excluding hydrogens is 247 g/mol. The summed E-state index contributed by atoms with van der Waals surface area (Å²) in [6, 6.07) is 0. The van der Waals surface area contributed by atoms with E-state index in [9.17, 15) is 19.2 Å². The first-order valence-corrected chi connectivity index (χ1v) is 4.18. The second-order valence-electron chi connectivity index (χ2n) is 2.29. The Labute approximate surface area is 119 Å². The maximum absolute atomic E-state index is 10.7. The van der Waals surface area contributed by atoms with Crippen LogP contribution in [0.3, 0.4) is 0 Å². The molecule has 0 atom stereocenters. The van der Waals surface area contributed by atoms with Crippen molar-refractivity contribution >= 4 is 53.8 Å². The van der Waals surface area contributed by atoms with E-state index in [0.29, 0.717) is 0 Å². The first-order valence-electron chi connectivity index (χ1n) is 4.18. The number of rotatable bonds is 3. The SMILES string of the molecule is CCOC(=O)OC(=O)OC(=O)COC(C)=O.[NaH]. The number of esters is 2. The summed E-state index contributed by atoms with van der Waals surface area (Å²) in [5.41, 5.74) is 0. The molecule has 0 heterocycles. The Kier molecular flexibility index (Phi) is 10.8. The predicted octanol–water partition coefficient (Wildman–Crippen LogP) is -0.263. The normalized spacial score (nSPS) is 8.35. The van der Waals surface area contributed by atoms with E-state index in [1.54, 1.807) is 0 Å². The van der Waals surface area contributed by atoms with Gasteiger partial charge in [0, 0.05) is 6.92 Å². The minimum absolute atomic E-state index is 0. The second-order valence-corrected chi connectivity index (χ2v) is 2.29. The van der Waals surface area contributed by atoms with Crippen molar-refractivity contribution in [3.05, 3.63) is 0 Å². The van der Waals surface area contributed by atoms with E-state index in [-0.39, 0.29) is 36.2 Å². The van der Waals surface area contributed by atoms with Gasteiger partial charge in [0.05, 0.1) is 6.61 Å². The Bertz CT molecular complexity index is 300. The van der Waals surface area contributed by atoms with Crippen molar-refractivity contribution in [3.8, 4) is 0 Å².